The van der Waals surface area contributed by atoms with E-state index in [0.717, 1.165) is 6.42 Å². The zero-order valence-electron chi connectivity index (χ0n) is 14.0. The molecule has 0 saturated heterocycles. The van der Waals surface area contributed by atoms with Crippen LogP contribution in [-0.2, 0) is 11.2 Å². The van der Waals surface area contributed by atoms with E-state index in [9.17, 15) is 9.18 Å². The number of carbonyl (C=O) groups excluding carboxylic acids is 1. The third-order valence-corrected chi connectivity index (χ3v) is 4.14. The number of halogens is 1. The molecule has 2 rings (SSSR count). The van der Waals surface area contributed by atoms with Crippen molar-refractivity contribution in [2.45, 2.75) is 45.1 Å². The molecule has 2 aromatic rings. The number of aromatic nitrogens is 1. The molecular weight excluding hydrogens is 311 g/mol. The first-order valence-corrected chi connectivity index (χ1v) is 8.09. The molecule has 130 valence electrons. The summed E-state index contributed by atoms with van der Waals surface area (Å²) in [5.41, 5.74) is -0.0667. The molecule has 0 aliphatic carbocycles. The van der Waals surface area contributed by atoms with Crippen LogP contribution < -0.4 is 5.32 Å². The van der Waals surface area contributed by atoms with Crippen molar-refractivity contribution >= 4 is 5.91 Å². The molecule has 1 aromatic heterocycles. The van der Waals surface area contributed by atoms with Gasteiger partial charge in [0.25, 0.3) is 0 Å². The zero-order valence-corrected chi connectivity index (χ0v) is 14.0. The average molecular weight is 334 g/mol. The molecule has 0 aliphatic heterocycles. The Balaban J connectivity index is 1.94. The van der Waals surface area contributed by atoms with Gasteiger partial charge >= 0.3 is 0 Å². The van der Waals surface area contributed by atoms with Crippen LogP contribution >= 0.6 is 0 Å². The van der Waals surface area contributed by atoms with E-state index in [0.29, 0.717) is 30.1 Å². The highest BCUT2D eigenvalue weighted by molar-refractivity contribution is 5.76. The Morgan fingerprint density at radius 2 is 2.17 bits per heavy atom. The molecule has 0 bridgehead atoms. The van der Waals surface area contributed by atoms with Gasteiger partial charge in [-0.3, -0.25) is 4.79 Å². The quantitative estimate of drug-likeness (QED) is 0.778. The predicted molar refractivity (Wildman–Crippen MR) is 88.8 cm³/mol. The summed E-state index contributed by atoms with van der Waals surface area (Å²) in [5, 5.41) is 12.0. The van der Waals surface area contributed by atoms with Crippen LogP contribution in [0.4, 0.5) is 4.39 Å². The van der Waals surface area contributed by atoms with Gasteiger partial charge in [-0.15, -0.1) is 0 Å². The Morgan fingerprint density at radius 3 is 2.83 bits per heavy atom. The molecule has 1 heterocycles. The maximum atomic E-state index is 13.7. The van der Waals surface area contributed by atoms with Gasteiger partial charge in [-0.2, -0.15) is 0 Å². The summed E-state index contributed by atoms with van der Waals surface area (Å²) in [6.07, 6.45) is 3.26. The molecule has 0 spiro atoms. The molecule has 5 nitrogen and oxygen atoms in total. The largest absolute Gasteiger partial charge is 0.441 e. The van der Waals surface area contributed by atoms with Crippen LogP contribution in [0.1, 0.15) is 39.0 Å². The number of oxazole rings is 1. The number of benzene rings is 1. The number of carbonyl (C=O) groups is 1. The fourth-order valence-corrected chi connectivity index (χ4v) is 2.41. The van der Waals surface area contributed by atoms with Crippen molar-refractivity contribution in [1.82, 2.24) is 10.3 Å². The number of rotatable bonds is 8. The van der Waals surface area contributed by atoms with Gasteiger partial charge in [-0.05, 0) is 31.9 Å². The van der Waals surface area contributed by atoms with Crippen molar-refractivity contribution in [1.29, 1.82) is 0 Å². The van der Waals surface area contributed by atoms with Gasteiger partial charge in [-0.1, -0.05) is 19.1 Å². The maximum absolute atomic E-state index is 13.7. The minimum absolute atomic E-state index is 0.0242. The molecule has 1 aromatic carbocycles. The van der Waals surface area contributed by atoms with Gasteiger partial charge in [-0.25, -0.2) is 9.37 Å². The summed E-state index contributed by atoms with van der Waals surface area (Å²) < 4.78 is 19.3. The molecule has 2 N–H and O–H groups in total. The van der Waals surface area contributed by atoms with Gasteiger partial charge in [0, 0.05) is 25.0 Å². The Kier molecular flexibility index (Phi) is 6.09. The third-order valence-electron chi connectivity index (χ3n) is 4.14. The maximum Gasteiger partial charge on any atom is 0.220 e. The summed E-state index contributed by atoms with van der Waals surface area (Å²) in [4.78, 5) is 16.2. The highest BCUT2D eigenvalue weighted by Gasteiger charge is 2.23. The van der Waals surface area contributed by atoms with E-state index >= 15 is 0 Å². The van der Waals surface area contributed by atoms with E-state index in [4.69, 9.17) is 9.52 Å². The minimum atomic E-state index is -0.416. The monoisotopic (exact) mass is 334 g/mol. The highest BCUT2D eigenvalue weighted by Crippen LogP contribution is 2.23. The van der Waals surface area contributed by atoms with Crippen LogP contribution in [0.2, 0.25) is 0 Å². The van der Waals surface area contributed by atoms with E-state index in [1.807, 2.05) is 13.8 Å². The van der Waals surface area contributed by atoms with E-state index < -0.39 is 5.54 Å². The Morgan fingerprint density at radius 1 is 1.42 bits per heavy atom. The summed E-state index contributed by atoms with van der Waals surface area (Å²) >= 11 is 0. The first kappa shape index (κ1) is 18.1. The fraction of sp³-hybridized carbons (Fsp3) is 0.444. The average Bonchev–Trinajstić information content (AvgIpc) is 3.02. The summed E-state index contributed by atoms with van der Waals surface area (Å²) in [6, 6.07) is 6.31. The lowest BCUT2D eigenvalue weighted by atomic mass is 9.94. The van der Waals surface area contributed by atoms with Crippen molar-refractivity contribution in [3.8, 4) is 11.3 Å². The van der Waals surface area contributed by atoms with Crippen LogP contribution in [0, 0.1) is 5.82 Å². The van der Waals surface area contributed by atoms with Crippen LogP contribution in [0.15, 0.2) is 34.9 Å². The standard InChI is InChI=1S/C18H23FN2O3/c1-3-18(2,10-11-22)21-16(23)8-9-17-20-12-15(24-17)13-6-4-5-7-14(13)19/h4-7,12,22H,3,8-11H2,1-2H3,(H,21,23). The lowest BCUT2D eigenvalue weighted by Crippen LogP contribution is -2.46. The molecule has 1 unspecified atom stereocenters. The lowest BCUT2D eigenvalue weighted by molar-refractivity contribution is -0.123. The van der Waals surface area contributed by atoms with Crippen LogP contribution in [-0.4, -0.2) is 28.1 Å². The Labute approximate surface area is 140 Å². The van der Waals surface area contributed by atoms with Gasteiger partial charge in [0.2, 0.25) is 5.91 Å². The number of nitrogens with zero attached hydrogens (tertiary/aromatic N) is 1. The fourth-order valence-electron chi connectivity index (χ4n) is 2.41. The second kappa shape index (κ2) is 8.06. The van der Waals surface area contributed by atoms with Crippen LogP contribution in [0.3, 0.4) is 0 Å². The zero-order chi connectivity index (χ0) is 17.6. The number of aliphatic hydroxyl groups excluding tert-OH is 1. The first-order chi connectivity index (χ1) is 11.5. The van der Waals surface area contributed by atoms with Gasteiger partial charge in [0.1, 0.15) is 5.82 Å². The van der Waals surface area contributed by atoms with E-state index in [1.54, 1.807) is 18.2 Å². The van der Waals surface area contributed by atoms with E-state index in [1.165, 1.54) is 12.3 Å². The van der Waals surface area contributed by atoms with Crippen LogP contribution in [0.25, 0.3) is 11.3 Å². The van der Waals surface area contributed by atoms with Crippen molar-refractivity contribution in [3.63, 3.8) is 0 Å². The van der Waals surface area contributed by atoms with Crippen molar-refractivity contribution in [3.05, 3.63) is 42.2 Å². The normalized spacial score (nSPS) is 13.5. The molecule has 1 amide bonds. The van der Waals surface area contributed by atoms with Crippen LogP contribution in [0.5, 0.6) is 0 Å². The molecule has 6 heteroatoms. The first-order valence-electron chi connectivity index (χ1n) is 8.09. The highest BCUT2D eigenvalue weighted by atomic mass is 19.1. The second-order valence-corrected chi connectivity index (χ2v) is 6.03. The number of hydrogen-bond acceptors (Lipinski definition) is 4. The number of nitrogens with one attached hydrogen (secondary N) is 1. The number of aryl methyl sites for hydroxylation is 1. The van der Waals surface area contributed by atoms with Gasteiger partial charge in [0.05, 0.1) is 11.8 Å². The van der Waals surface area contributed by atoms with Crippen molar-refractivity contribution in [2.75, 3.05) is 6.61 Å². The lowest BCUT2D eigenvalue weighted by Gasteiger charge is -2.28. The van der Waals surface area contributed by atoms with E-state index in [-0.39, 0.29) is 24.8 Å². The smallest absolute Gasteiger partial charge is 0.220 e. The molecule has 1 atom stereocenters. The summed E-state index contributed by atoms with van der Waals surface area (Å²) in [6.45, 7) is 3.89. The minimum Gasteiger partial charge on any atom is -0.441 e. The number of amides is 1. The SMILES string of the molecule is CCC(C)(CCO)NC(=O)CCc1ncc(-c2ccccc2F)o1. The summed E-state index contributed by atoms with van der Waals surface area (Å²) in [7, 11) is 0. The molecule has 0 saturated carbocycles. The van der Waals surface area contributed by atoms with Crippen molar-refractivity contribution in [2.24, 2.45) is 0 Å². The van der Waals surface area contributed by atoms with E-state index in [2.05, 4.69) is 10.3 Å². The number of aliphatic hydroxyl groups is 1. The second-order valence-electron chi connectivity index (χ2n) is 6.03. The molecule has 0 aliphatic rings. The molecule has 0 fully saturated rings. The Bertz CT molecular complexity index is 686. The number of hydrogen-bond donors (Lipinski definition) is 2. The molecular formula is C18H23FN2O3. The van der Waals surface area contributed by atoms with Gasteiger partial charge in [0.15, 0.2) is 11.7 Å². The molecule has 24 heavy (non-hydrogen) atoms. The Hall–Kier alpha value is -2.21. The predicted octanol–water partition coefficient (Wildman–Crippen LogP) is 3.08. The third kappa shape index (κ3) is 4.64. The van der Waals surface area contributed by atoms with Gasteiger partial charge < -0.3 is 14.8 Å². The summed E-state index contributed by atoms with van der Waals surface area (Å²) in [5.74, 6) is 0.241. The molecule has 0 radical (unpaired) electrons. The van der Waals surface area contributed by atoms with Crippen molar-refractivity contribution < 1.29 is 18.7 Å². The topological polar surface area (TPSA) is 75.4 Å².